The SMILES string of the molecule is CCCCCC=CCC=CCC=CCC=CCCCC(=O)O.CCCCCCCCCCCC=CC=CC=CC=CC(=O)O. The van der Waals surface area contributed by atoms with E-state index in [0.29, 0.717) is 0 Å². The molecule has 0 radical (unpaired) electrons. The third-order valence-electron chi connectivity index (χ3n) is 6.62. The van der Waals surface area contributed by atoms with Crippen molar-refractivity contribution < 1.29 is 19.8 Å². The molecule has 0 aromatic heterocycles. The number of aliphatic carboxylic acids is 2. The Labute approximate surface area is 270 Å². The van der Waals surface area contributed by atoms with Gasteiger partial charge < -0.3 is 10.2 Å². The molecule has 2 N–H and O–H groups in total. The Morgan fingerprint density at radius 1 is 0.432 bits per heavy atom. The molecule has 0 rings (SSSR count). The molecule has 4 nitrogen and oxygen atoms in total. The first-order valence-corrected chi connectivity index (χ1v) is 17.3. The second-order valence-electron chi connectivity index (χ2n) is 10.9. The molecule has 0 fully saturated rings. The quantitative estimate of drug-likeness (QED) is 0.0401. The molecule has 0 heterocycles. The highest BCUT2D eigenvalue weighted by Crippen LogP contribution is 2.10. The molecule has 0 bridgehead atoms. The van der Waals surface area contributed by atoms with Gasteiger partial charge >= 0.3 is 11.9 Å². The number of carboxylic acids is 2. The average molecular weight is 609 g/mol. The second-order valence-corrected chi connectivity index (χ2v) is 10.9. The fourth-order valence-electron chi connectivity index (χ4n) is 4.07. The molecule has 44 heavy (non-hydrogen) atoms. The monoisotopic (exact) mass is 608 g/mol. The number of unbranched alkanes of at least 4 members (excludes halogenated alkanes) is 13. The highest BCUT2D eigenvalue weighted by atomic mass is 16.4. The second kappa shape index (κ2) is 39.9. The van der Waals surface area contributed by atoms with Crippen LogP contribution in [0.15, 0.2) is 97.2 Å². The Balaban J connectivity index is 0. The van der Waals surface area contributed by atoms with Gasteiger partial charge in [-0.05, 0) is 57.8 Å². The Morgan fingerprint density at radius 3 is 1.34 bits per heavy atom. The summed E-state index contributed by atoms with van der Waals surface area (Å²) < 4.78 is 0. The van der Waals surface area contributed by atoms with Gasteiger partial charge in [0.25, 0.3) is 0 Å². The lowest BCUT2D eigenvalue weighted by Gasteiger charge is -2.00. The van der Waals surface area contributed by atoms with Crippen LogP contribution in [0.1, 0.15) is 142 Å². The van der Waals surface area contributed by atoms with Gasteiger partial charge in [-0.2, -0.15) is 0 Å². The van der Waals surface area contributed by atoms with E-state index in [2.05, 4.69) is 74.6 Å². The van der Waals surface area contributed by atoms with E-state index >= 15 is 0 Å². The summed E-state index contributed by atoms with van der Waals surface area (Å²) in [4.78, 5) is 20.5. The summed E-state index contributed by atoms with van der Waals surface area (Å²) in [5, 5.41) is 16.9. The predicted octanol–water partition coefficient (Wildman–Crippen LogP) is 12.4. The Kier molecular flexibility index (Phi) is 38.9. The fraction of sp³-hybridized carbons (Fsp3) is 0.550. The first kappa shape index (κ1) is 43.0. The van der Waals surface area contributed by atoms with Gasteiger partial charge in [-0.15, -0.1) is 0 Å². The van der Waals surface area contributed by atoms with Gasteiger partial charge in [0.05, 0.1) is 0 Å². The highest BCUT2D eigenvalue weighted by molar-refractivity contribution is 5.80. The number of hydrogen-bond donors (Lipinski definition) is 2. The summed E-state index contributed by atoms with van der Waals surface area (Å²) in [5.74, 6) is -1.63. The Hall–Kier alpha value is -3.14. The normalized spacial score (nSPS) is 12.4. The molecule has 0 amide bonds. The van der Waals surface area contributed by atoms with Crippen molar-refractivity contribution in [3.8, 4) is 0 Å². The van der Waals surface area contributed by atoms with Crippen LogP contribution >= 0.6 is 0 Å². The lowest BCUT2D eigenvalue weighted by atomic mass is 10.1. The fourth-order valence-corrected chi connectivity index (χ4v) is 4.07. The van der Waals surface area contributed by atoms with Crippen molar-refractivity contribution in [2.24, 2.45) is 0 Å². The Morgan fingerprint density at radius 2 is 0.818 bits per heavy atom. The van der Waals surface area contributed by atoms with Gasteiger partial charge in [0.1, 0.15) is 0 Å². The van der Waals surface area contributed by atoms with Gasteiger partial charge in [-0.1, -0.05) is 169 Å². The Bertz CT molecular complexity index is 868. The van der Waals surface area contributed by atoms with Crippen molar-refractivity contribution in [3.63, 3.8) is 0 Å². The minimum absolute atomic E-state index is 0.262. The van der Waals surface area contributed by atoms with E-state index in [4.69, 9.17) is 10.2 Å². The minimum Gasteiger partial charge on any atom is -0.481 e. The van der Waals surface area contributed by atoms with Gasteiger partial charge in [0.15, 0.2) is 0 Å². The molecular formula is C40H64O4. The molecule has 0 aromatic carbocycles. The number of allylic oxidation sites excluding steroid dienone is 15. The first-order chi connectivity index (χ1) is 21.5. The molecule has 0 atom stereocenters. The van der Waals surface area contributed by atoms with Crippen molar-refractivity contribution in [2.45, 2.75) is 142 Å². The van der Waals surface area contributed by atoms with Crippen LogP contribution in [-0.2, 0) is 9.59 Å². The van der Waals surface area contributed by atoms with Gasteiger partial charge in [-0.3, -0.25) is 4.79 Å². The maximum Gasteiger partial charge on any atom is 0.328 e. The van der Waals surface area contributed by atoms with Crippen molar-refractivity contribution in [1.29, 1.82) is 0 Å². The van der Waals surface area contributed by atoms with Crippen LogP contribution in [0.2, 0.25) is 0 Å². The maximum absolute atomic E-state index is 10.3. The van der Waals surface area contributed by atoms with Gasteiger partial charge in [-0.25, -0.2) is 4.79 Å². The molecule has 4 heteroatoms. The topological polar surface area (TPSA) is 74.6 Å². The van der Waals surface area contributed by atoms with Crippen LogP contribution in [0.3, 0.4) is 0 Å². The van der Waals surface area contributed by atoms with Crippen molar-refractivity contribution in [1.82, 2.24) is 0 Å². The molecule has 0 aliphatic rings. The van der Waals surface area contributed by atoms with Crippen LogP contribution in [0.4, 0.5) is 0 Å². The molecule has 248 valence electrons. The van der Waals surface area contributed by atoms with E-state index in [9.17, 15) is 9.59 Å². The zero-order valence-electron chi connectivity index (χ0n) is 28.1. The number of hydrogen-bond acceptors (Lipinski definition) is 2. The average Bonchev–Trinajstić information content (AvgIpc) is 3.00. The molecule has 0 saturated carbocycles. The standard InChI is InChI=1S/2C20H32O2/c2*1-2-3-4-5-6-7-8-9-10-11-12-13-14-15-16-17-18-19-20(21)22/h12-19H,2-11H2,1H3,(H,21,22);6-7,9-10,12-13,15-16H,2-5,8,11,14,17-19H2,1H3,(H,21,22). The van der Waals surface area contributed by atoms with E-state index in [-0.39, 0.29) is 6.42 Å². The van der Waals surface area contributed by atoms with E-state index in [1.807, 2.05) is 18.2 Å². The molecule has 0 aromatic rings. The van der Waals surface area contributed by atoms with Gasteiger partial charge in [0, 0.05) is 12.5 Å². The predicted molar refractivity (Wildman–Crippen MR) is 192 cm³/mol. The summed E-state index contributed by atoms with van der Waals surface area (Å²) in [5.41, 5.74) is 0. The molecule has 0 aliphatic heterocycles. The molecule has 0 unspecified atom stereocenters. The molecular weight excluding hydrogens is 544 g/mol. The van der Waals surface area contributed by atoms with Crippen LogP contribution < -0.4 is 0 Å². The lowest BCUT2D eigenvalue weighted by molar-refractivity contribution is -0.137. The number of carboxylic acid groups (broad SMARTS) is 2. The third-order valence-corrected chi connectivity index (χ3v) is 6.62. The van der Waals surface area contributed by atoms with Crippen molar-refractivity contribution in [2.75, 3.05) is 0 Å². The highest BCUT2D eigenvalue weighted by Gasteiger charge is 1.93. The third kappa shape index (κ3) is 45.8. The van der Waals surface area contributed by atoms with Gasteiger partial charge in [0.2, 0.25) is 0 Å². The van der Waals surface area contributed by atoms with Crippen LogP contribution in [0.25, 0.3) is 0 Å². The van der Waals surface area contributed by atoms with Crippen LogP contribution in [0.5, 0.6) is 0 Å². The minimum atomic E-state index is -0.922. The van der Waals surface area contributed by atoms with Crippen LogP contribution in [-0.4, -0.2) is 22.2 Å². The molecule has 0 saturated heterocycles. The largest absolute Gasteiger partial charge is 0.481 e. The maximum atomic E-state index is 10.3. The van der Waals surface area contributed by atoms with E-state index < -0.39 is 11.9 Å². The first-order valence-electron chi connectivity index (χ1n) is 17.3. The number of rotatable bonds is 28. The van der Waals surface area contributed by atoms with Crippen molar-refractivity contribution >= 4 is 11.9 Å². The zero-order chi connectivity index (χ0) is 32.6. The smallest absolute Gasteiger partial charge is 0.328 e. The van der Waals surface area contributed by atoms with Crippen molar-refractivity contribution in [3.05, 3.63) is 97.2 Å². The molecule has 0 aliphatic carbocycles. The lowest BCUT2D eigenvalue weighted by Crippen LogP contribution is -1.92. The van der Waals surface area contributed by atoms with Crippen LogP contribution in [0, 0.1) is 0 Å². The van der Waals surface area contributed by atoms with E-state index in [1.165, 1.54) is 89.5 Å². The van der Waals surface area contributed by atoms with E-state index in [1.54, 1.807) is 6.08 Å². The summed E-state index contributed by atoms with van der Waals surface area (Å²) in [6.07, 6.45) is 55.1. The van der Waals surface area contributed by atoms with E-state index in [0.717, 1.165) is 44.6 Å². The summed E-state index contributed by atoms with van der Waals surface area (Å²) in [6, 6.07) is 0. The summed E-state index contributed by atoms with van der Waals surface area (Å²) >= 11 is 0. The molecule has 0 spiro atoms. The summed E-state index contributed by atoms with van der Waals surface area (Å²) in [6.45, 7) is 4.49. The summed E-state index contributed by atoms with van der Waals surface area (Å²) in [7, 11) is 0. The zero-order valence-corrected chi connectivity index (χ0v) is 28.1. The number of carbonyl (C=O) groups is 2.